The summed E-state index contributed by atoms with van der Waals surface area (Å²) in [6.45, 7) is 14.3. The molecule has 0 atom stereocenters. The highest BCUT2D eigenvalue weighted by Crippen LogP contribution is 2.22. The first-order valence-electron chi connectivity index (χ1n) is 9.10. The molecule has 0 aliphatic rings. The fourth-order valence-electron chi connectivity index (χ4n) is 1.85. The van der Waals surface area contributed by atoms with Gasteiger partial charge in [0, 0.05) is 7.11 Å². The summed E-state index contributed by atoms with van der Waals surface area (Å²) in [5.74, 6) is -1.56. The highest BCUT2D eigenvalue weighted by molar-refractivity contribution is 5.62. The van der Waals surface area contributed by atoms with Gasteiger partial charge in [-0.15, -0.1) is 0 Å². The lowest BCUT2D eigenvalue weighted by Gasteiger charge is -2.01. The van der Waals surface area contributed by atoms with Gasteiger partial charge < -0.3 is 15.0 Å². The van der Waals surface area contributed by atoms with Crippen LogP contribution in [-0.2, 0) is 4.74 Å². The summed E-state index contributed by atoms with van der Waals surface area (Å²) in [6, 6.07) is 3.00. The van der Waals surface area contributed by atoms with Crippen molar-refractivity contribution in [3.8, 4) is 11.4 Å². The molecular weight excluding hydrogens is 395 g/mol. The van der Waals surface area contributed by atoms with Crippen molar-refractivity contribution in [1.29, 1.82) is 0 Å². The molecule has 0 radical (unpaired) electrons. The molecule has 0 saturated heterocycles. The molecule has 0 saturated carbocycles. The second kappa shape index (κ2) is 13.9. The Hall–Kier alpha value is -3.13. The number of allylic oxidation sites excluding steroid dienone is 4. The second-order valence-electron chi connectivity index (χ2n) is 5.61. The molecule has 0 spiro atoms. The molecule has 0 amide bonds. The molecule has 0 aliphatic heterocycles. The van der Waals surface area contributed by atoms with Gasteiger partial charge >= 0.3 is 0 Å². The molecule has 8 heteroatoms. The van der Waals surface area contributed by atoms with Crippen molar-refractivity contribution in [3.05, 3.63) is 78.0 Å². The smallest absolute Gasteiger partial charge is 0.274 e. The quantitative estimate of drug-likeness (QED) is 0.579. The van der Waals surface area contributed by atoms with E-state index in [1.54, 1.807) is 13.8 Å². The molecule has 1 aromatic carbocycles. The first-order chi connectivity index (χ1) is 14.2. The average Bonchev–Trinajstić information content (AvgIpc) is 3.25. The van der Waals surface area contributed by atoms with Crippen LogP contribution in [0.4, 0.5) is 13.2 Å². The summed E-state index contributed by atoms with van der Waals surface area (Å²) in [4.78, 5) is 3.96. The van der Waals surface area contributed by atoms with Crippen LogP contribution >= 0.6 is 0 Å². The number of methoxy groups -OCH3 is 1. The van der Waals surface area contributed by atoms with Crippen molar-refractivity contribution >= 4 is 5.70 Å². The summed E-state index contributed by atoms with van der Waals surface area (Å²) in [6.07, 6.45) is 2.62. The van der Waals surface area contributed by atoms with Crippen LogP contribution in [0.5, 0.6) is 0 Å². The molecule has 2 N–H and O–H groups in total. The van der Waals surface area contributed by atoms with E-state index in [1.165, 1.54) is 13.2 Å². The Morgan fingerprint density at radius 1 is 1.20 bits per heavy atom. The predicted octanol–water partition coefficient (Wildman–Crippen LogP) is 5.98. The Bertz CT molecular complexity index is 887. The van der Waals surface area contributed by atoms with E-state index in [-0.39, 0.29) is 28.8 Å². The highest BCUT2D eigenvalue weighted by Gasteiger charge is 2.16. The van der Waals surface area contributed by atoms with Crippen molar-refractivity contribution in [2.24, 2.45) is 5.73 Å². The summed E-state index contributed by atoms with van der Waals surface area (Å²) in [7, 11) is 1.53. The van der Waals surface area contributed by atoms with Crippen molar-refractivity contribution in [3.63, 3.8) is 0 Å². The second-order valence-corrected chi connectivity index (χ2v) is 5.61. The SMILES string of the molecule is C=C/C(C)=C(/F)C=C.CC.COC/C(C)=C(/N)c1nc(-c2cc(F)ccc2F)no1. The number of halogens is 3. The van der Waals surface area contributed by atoms with E-state index >= 15 is 0 Å². The average molecular weight is 423 g/mol. The number of hydrogen-bond donors (Lipinski definition) is 1. The highest BCUT2D eigenvalue weighted by atomic mass is 19.1. The number of aromatic nitrogens is 2. The Labute approximate surface area is 175 Å². The third kappa shape index (κ3) is 8.08. The molecule has 5 nitrogen and oxygen atoms in total. The minimum absolute atomic E-state index is 0.0400. The molecule has 0 bridgehead atoms. The fourth-order valence-corrected chi connectivity index (χ4v) is 1.85. The van der Waals surface area contributed by atoms with E-state index in [2.05, 4.69) is 23.3 Å². The Kier molecular flexibility index (Phi) is 12.5. The molecule has 164 valence electrons. The summed E-state index contributed by atoms with van der Waals surface area (Å²) in [5, 5.41) is 3.60. The molecule has 1 aromatic heterocycles. The zero-order valence-corrected chi connectivity index (χ0v) is 17.9. The van der Waals surface area contributed by atoms with Crippen molar-refractivity contribution in [2.45, 2.75) is 27.7 Å². The number of nitrogens with zero attached hydrogens (tertiary/aromatic N) is 2. The van der Waals surface area contributed by atoms with Crippen LogP contribution in [0.25, 0.3) is 17.1 Å². The van der Waals surface area contributed by atoms with Crippen molar-refractivity contribution < 1.29 is 22.4 Å². The standard InChI is InChI=1S/C13H13F2N3O2.C7H9F.C2H6/c1-7(6-19-2)11(16)13-17-12(18-20-13)9-5-8(14)3-4-10(9)15;1-4-6(3)7(8)5-2;1-2/h3-5H,6,16H2,1-2H3;4-5H,1-2H2,3H3;1-2H3/b11-7+;7-6+;. The molecule has 2 rings (SSSR count). The first kappa shape index (κ1) is 26.9. The van der Waals surface area contributed by atoms with Crippen molar-refractivity contribution in [2.75, 3.05) is 13.7 Å². The van der Waals surface area contributed by atoms with Gasteiger partial charge in [-0.25, -0.2) is 13.2 Å². The minimum atomic E-state index is -0.644. The topological polar surface area (TPSA) is 74.2 Å². The van der Waals surface area contributed by atoms with Gasteiger partial charge in [-0.2, -0.15) is 4.98 Å². The normalized spacial score (nSPS) is 11.7. The molecule has 0 unspecified atom stereocenters. The predicted molar refractivity (Wildman–Crippen MR) is 114 cm³/mol. The number of benzene rings is 1. The van der Waals surface area contributed by atoms with Crippen LogP contribution < -0.4 is 5.73 Å². The van der Waals surface area contributed by atoms with Crippen LogP contribution in [-0.4, -0.2) is 23.9 Å². The minimum Gasteiger partial charge on any atom is -0.394 e. The summed E-state index contributed by atoms with van der Waals surface area (Å²) in [5.41, 5.74) is 7.21. The molecule has 30 heavy (non-hydrogen) atoms. The van der Waals surface area contributed by atoms with E-state index in [0.717, 1.165) is 24.3 Å². The summed E-state index contributed by atoms with van der Waals surface area (Å²) >= 11 is 0. The third-order valence-electron chi connectivity index (χ3n) is 3.51. The van der Waals surface area contributed by atoms with Gasteiger partial charge in [0.2, 0.25) is 5.82 Å². The number of ether oxygens (including phenoxy) is 1. The van der Waals surface area contributed by atoms with Crippen LogP contribution in [0.1, 0.15) is 33.6 Å². The van der Waals surface area contributed by atoms with E-state index < -0.39 is 11.6 Å². The van der Waals surface area contributed by atoms with Gasteiger partial charge in [-0.1, -0.05) is 38.2 Å². The molecular formula is C22H28F3N3O2. The van der Waals surface area contributed by atoms with Gasteiger partial charge in [0.05, 0.1) is 17.9 Å². The van der Waals surface area contributed by atoms with E-state index in [1.807, 2.05) is 13.8 Å². The summed E-state index contributed by atoms with van der Waals surface area (Å²) < 4.78 is 48.8. The van der Waals surface area contributed by atoms with Crippen molar-refractivity contribution in [1.82, 2.24) is 10.1 Å². The molecule has 0 fully saturated rings. The van der Waals surface area contributed by atoms with Crippen LogP contribution in [0.15, 0.2) is 65.0 Å². The third-order valence-corrected chi connectivity index (χ3v) is 3.51. The lowest BCUT2D eigenvalue weighted by molar-refractivity contribution is 0.226. The van der Waals surface area contributed by atoms with Gasteiger partial charge in [0.1, 0.15) is 17.5 Å². The fraction of sp³-hybridized carbons (Fsp3) is 0.273. The number of hydrogen-bond acceptors (Lipinski definition) is 5. The van der Waals surface area contributed by atoms with Crippen LogP contribution in [0.2, 0.25) is 0 Å². The lowest BCUT2D eigenvalue weighted by atomic mass is 10.2. The Morgan fingerprint density at radius 2 is 1.83 bits per heavy atom. The maximum atomic E-state index is 13.6. The van der Waals surface area contributed by atoms with Gasteiger partial charge in [0.15, 0.2) is 0 Å². The molecule has 0 aliphatic carbocycles. The monoisotopic (exact) mass is 423 g/mol. The van der Waals surface area contributed by atoms with Crippen LogP contribution in [0.3, 0.4) is 0 Å². The van der Waals surface area contributed by atoms with E-state index in [0.29, 0.717) is 17.8 Å². The lowest BCUT2D eigenvalue weighted by Crippen LogP contribution is -2.04. The van der Waals surface area contributed by atoms with E-state index in [4.69, 9.17) is 15.0 Å². The van der Waals surface area contributed by atoms with E-state index in [9.17, 15) is 13.2 Å². The zero-order valence-electron chi connectivity index (χ0n) is 17.9. The zero-order chi connectivity index (χ0) is 23.3. The largest absolute Gasteiger partial charge is 0.394 e. The Morgan fingerprint density at radius 3 is 2.33 bits per heavy atom. The van der Waals surface area contributed by atoms with Gasteiger partial charge in [-0.3, -0.25) is 0 Å². The molecule has 1 heterocycles. The van der Waals surface area contributed by atoms with Gasteiger partial charge in [0.25, 0.3) is 5.89 Å². The number of rotatable bonds is 6. The maximum Gasteiger partial charge on any atom is 0.274 e. The molecule has 2 aromatic rings. The van der Waals surface area contributed by atoms with Crippen LogP contribution in [0, 0.1) is 11.6 Å². The Balaban J connectivity index is 0.000000712. The van der Waals surface area contributed by atoms with Gasteiger partial charge in [-0.05, 0) is 49.3 Å². The first-order valence-corrected chi connectivity index (χ1v) is 9.10. The number of nitrogens with two attached hydrogens (primary N) is 1. The maximum absolute atomic E-state index is 13.6.